The topological polar surface area (TPSA) is 74.8 Å². The summed E-state index contributed by atoms with van der Waals surface area (Å²) in [5.74, 6) is 0. The highest BCUT2D eigenvalue weighted by Gasteiger charge is 2.31. The molecule has 0 saturated heterocycles. The fourth-order valence-electron chi connectivity index (χ4n) is 5.91. The van der Waals surface area contributed by atoms with E-state index in [2.05, 4.69) is 10.3 Å². The van der Waals surface area contributed by atoms with Gasteiger partial charge >= 0.3 is 18.3 Å². The third-order valence-corrected chi connectivity index (χ3v) is 8.44. The second-order valence-corrected chi connectivity index (χ2v) is 13.5. The van der Waals surface area contributed by atoms with E-state index >= 15 is 0 Å². The van der Waals surface area contributed by atoms with E-state index in [-0.39, 0.29) is 30.9 Å². The third-order valence-electron chi connectivity index (χ3n) is 8.44. The van der Waals surface area contributed by atoms with E-state index in [4.69, 9.17) is 4.74 Å². The fraction of sp³-hybridized carbons (Fsp3) is 0.359. The van der Waals surface area contributed by atoms with E-state index in [1.807, 2.05) is 86.3 Å². The van der Waals surface area contributed by atoms with Gasteiger partial charge in [-0.2, -0.15) is 13.2 Å². The summed E-state index contributed by atoms with van der Waals surface area (Å²) in [6, 6.07) is 25.6. The Kier molecular flexibility index (Phi) is 11.3. The molecule has 3 amide bonds. The standard InChI is InChI=1S/C39H43F3N4O3/c1-38(2,3)49-37(48)46(35-10-5-4-6-11-35)26-29-14-18-31(19-15-29)30-16-12-28(13-17-30)25-45(27-34-9-7-8-24-43-34)36(47)44-33-22-20-32(21-23-33)39(40,41)42/h7-9,12-24,35H,4-6,10-11,25-27H2,1-3H3,(H,44,47). The first kappa shape index (κ1) is 35.4. The molecule has 0 aliphatic heterocycles. The lowest BCUT2D eigenvalue weighted by atomic mass is 9.94. The van der Waals surface area contributed by atoms with Gasteiger partial charge in [-0.05, 0) is 92.3 Å². The Morgan fingerprint density at radius 3 is 1.90 bits per heavy atom. The predicted molar refractivity (Wildman–Crippen MR) is 184 cm³/mol. The summed E-state index contributed by atoms with van der Waals surface area (Å²) in [4.78, 5) is 34.3. The minimum absolute atomic E-state index is 0.171. The van der Waals surface area contributed by atoms with E-state index in [0.717, 1.165) is 60.1 Å². The number of ether oxygens (including phenoxy) is 1. The van der Waals surface area contributed by atoms with E-state index in [1.165, 1.54) is 18.6 Å². The van der Waals surface area contributed by atoms with Gasteiger partial charge in [-0.1, -0.05) is 73.9 Å². The number of carbonyl (C=O) groups excluding carboxylic acids is 2. The molecule has 1 aliphatic carbocycles. The van der Waals surface area contributed by atoms with Crippen LogP contribution in [-0.2, 0) is 30.5 Å². The molecule has 0 atom stereocenters. The van der Waals surface area contributed by atoms with Crippen molar-refractivity contribution in [1.29, 1.82) is 0 Å². The molecular formula is C39H43F3N4O3. The largest absolute Gasteiger partial charge is 0.444 e. The number of nitrogens with zero attached hydrogens (tertiary/aromatic N) is 3. The number of pyridine rings is 1. The van der Waals surface area contributed by atoms with Gasteiger partial charge in [-0.15, -0.1) is 0 Å². The van der Waals surface area contributed by atoms with Gasteiger partial charge in [0.1, 0.15) is 5.60 Å². The molecule has 1 fully saturated rings. The van der Waals surface area contributed by atoms with Gasteiger partial charge in [0.25, 0.3) is 0 Å². The number of hydrogen-bond donors (Lipinski definition) is 1. The Bertz CT molecular complexity index is 1660. The van der Waals surface area contributed by atoms with Crippen molar-refractivity contribution in [2.24, 2.45) is 0 Å². The monoisotopic (exact) mass is 672 g/mol. The number of amides is 3. The number of halogens is 3. The smallest absolute Gasteiger partial charge is 0.416 e. The van der Waals surface area contributed by atoms with Gasteiger partial charge in [0.05, 0.1) is 17.8 Å². The van der Waals surface area contributed by atoms with Crippen LogP contribution in [-0.4, -0.2) is 38.6 Å². The van der Waals surface area contributed by atoms with Crippen molar-refractivity contribution in [1.82, 2.24) is 14.8 Å². The average molecular weight is 673 g/mol. The number of hydrogen-bond acceptors (Lipinski definition) is 4. The molecule has 10 heteroatoms. The van der Waals surface area contributed by atoms with Crippen molar-refractivity contribution in [3.8, 4) is 11.1 Å². The average Bonchev–Trinajstić information content (AvgIpc) is 3.07. The first-order valence-electron chi connectivity index (χ1n) is 16.6. The van der Waals surface area contributed by atoms with Crippen LogP contribution < -0.4 is 5.32 Å². The molecule has 1 N–H and O–H groups in total. The number of carbonyl (C=O) groups is 2. The van der Waals surface area contributed by atoms with Crippen LogP contribution in [0.3, 0.4) is 0 Å². The summed E-state index contributed by atoms with van der Waals surface area (Å²) in [7, 11) is 0. The van der Waals surface area contributed by atoms with Gasteiger partial charge in [0.2, 0.25) is 0 Å². The maximum Gasteiger partial charge on any atom is 0.416 e. The zero-order valence-corrected chi connectivity index (χ0v) is 28.2. The Hall–Kier alpha value is -4.86. The second kappa shape index (κ2) is 15.6. The van der Waals surface area contributed by atoms with Gasteiger partial charge in [0, 0.05) is 31.0 Å². The minimum Gasteiger partial charge on any atom is -0.444 e. The molecule has 0 radical (unpaired) electrons. The lowest BCUT2D eigenvalue weighted by molar-refractivity contribution is -0.137. The molecule has 7 nitrogen and oxygen atoms in total. The summed E-state index contributed by atoms with van der Waals surface area (Å²) >= 11 is 0. The maximum absolute atomic E-state index is 13.3. The lowest BCUT2D eigenvalue weighted by Crippen LogP contribution is -2.43. The van der Waals surface area contributed by atoms with Gasteiger partial charge in [-0.25, -0.2) is 9.59 Å². The molecule has 1 saturated carbocycles. The quantitative estimate of drug-likeness (QED) is 0.192. The number of rotatable bonds is 9. The number of nitrogens with one attached hydrogen (secondary N) is 1. The maximum atomic E-state index is 13.3. The molecule has 4 aromatic rings. The highest BCUT2D eigenvalue weighted by Crippen LogP contribution is 2.30. The fourth-order valence-corrected chi connectivity index (χ4v) is 5.91. The van der Waals surface area contributed by atoms with Crippen LogP contribution >= 0.6 is 0 Å². The Morgan fingerprint density at radius 2 is 1.37 bits per heavy atom. The van der Waals surface area contributed by atoms with Crippen LogP contribution in [0.15, 0.2) is 97.2 Å². The number of urea groups is 1. The van der Waals surface area contributed by atoms with Crippen molar-refractivity contribution in [3.05, 3.63) is 120 Å². The summed E-state index contributed by atoms with van der Waals surface area (Å²) in [5, 5.41) is 2.72. The van der Waals surface area contributed by atoms with Crippen LogP contribution in [0.4, 0.5) is 28.4 Å². The molecule has 1 heterocycles. The minimum atomic E-state index is -4.46. The van der Waals surface area contributed by atoms with Crippen molar-refractivity contribution in [3.63, 3.8) is 0 Å². The van der Waals surface area contributed by atoms with Gasteiger partial charge < -0.3 is 19.9 Å². The number of alkyl halides is 3. The summed E-state index contributed by atoms with van der Waals surface area (Å²) in [6.07, 6.45) is 2.31. The van der Waals surface area contributed by atoms with Crippen molar-refractivity contribution >= 4 is 17.8 Å². The zero-order chi connectivity index (χ0) is 35.0. The second-order valence-electron chi connectivity index (χ2n) is 13.5. The van der Waals surface area contributed by atoms with Crippen LogP contribution in [0.1, 0.15) is 75.3 Å². The first-order valence-corrected chi connectivity index (χ1v) is 16.6. The van der Waals surface area contributed by atoms with E-state index in [0.29, 0.717) is 12.2 Å². The van der Waals surface area contributed by atoms with Crippen molar-refractivity contribution < 1.29 is 27.5 Å². The summed E-state index contributed by atoms with van der Waals surface area (Å²) in [6.45, 7) is 6.61. The molecule has 258 valence electrons. The third kappa shape index (κ3) is 10.3. The van der Waals surface area contributed by atoms with Crippen LogP contribution in [0.25, 0.3) is 11.1 Å². The summed E-state index contributed by atoms with van der Waals surface area (Å²) < 4.78 is 44.8. The molecule has 0 spiro atoms. The van der Waals surface area contributed by atoms with Crippen molar-refractivity contribution in [2.45, 2.75) is 90.3 Å². The highest BCUT2D eigenvalue weighted by atomic mass is 19.4. The first-order chi connectivity index (χ1) is 23.3. The normalized spacial score (nSPS) is 13.8. The van der Waals surface area contributed by atoms with Crippen molar-refractivity contribution in [2.75, 3.05) is 5.32 Å². The number of aromatic nitrogens is 1. The molecule has 0 bridgehead atoms. The highest BCUT2D eigenvalue weighted by molar-refractivity contribution is 5.89. The lowest BCUT2D eigenvalue weighted by Gasteiger charge is -2.35. The Balaban J connectivity index is 1.26. The SMILES string of the molecule is CC(C)(C)OC(=O)N(Cc1ccc(-c2ccc(CN(Cc3ccccn3)C(=O)Nc3ccc(C(F)(F)F)cc3)cc2)cc1)C1CCCCC1. The Morgan fingerprint density at radius 1 is 0.776 bits per heavy atom. The van der Waals surface area contributed by atoms with Crippen LogP contribution in [0.5, 0.6) is 0 Å². The Labute approximate surface area is 286 Å². The predicted octanol–water partition coefficient (Wildman–Crippen LogP) is 10.1. The summed E-state index contributed by atoms with van der Waals surface area (Å²) in [5.41, 5.74) is 3.50. The van der Waals surface area contributed by atoms with E-state index in [1.54, 1.807) is 17.2 Å². The number of benzene rings is 3. The van der Waals surface area contributed by atoms with E-state index < -0.39 is 23.4 Å². The van der Waals surface area contributed by atoms with Crippen LogP contribution in [0, 0.1) is 0 Å². The molecule has 1 aliphatic rings. The molecule has 49 heavy (non-hydrogen) atoms. The molecule has 5 rings (SSSR count). The van der Waals surface area contributed by atoms with Gasteiger partial charge in [-0.3, -0.25) is 4.98 Å². The van der Waals surface area contributed by atoms with Crippen LogP contribution in [0.2, 0.25) is 0 Å². The molecule has 1 aromatic heterocycles. The molecular weight excluding hydrogens is 629 g/mol. The molecule has 3 aromatic carbocycles. The molecule has 0 unspecified atom stereocenters. The van der Waals surface area contributed by atoms with Gasteiger partial charge in [0.15, 0.2) is 0 Å². The zero-order valence-electron chi connectivity index (χ0n) is 28.2. The number of anilines is 1. The van der Waals surface area contributed by atoms with E-state index in [9.17, 15) is 22.8 Å².